The van der Waals surface area contributed by atoms with E-state index in [0.29, 0.717) is 26.1 Å². The van der Waals surface area contributed by atoms with Crippen LogP contribution in [-0.4, -0.2) is 51.7 Å². The minimum Gasteiger partial charge on any atom is -0.384 e. The first-order valence-corrected chi connectivity index (χ1v) is 8.52. The van der Waals surface area contributed by atoms with Crippen molar-refractivity contribution in [1.82, 2.24) is 10.6 Å². The number of nitrogens with zero attached hydrogens (tertiary/aromatic N) is 1. The highest BCUT2D eigenvalue weighted by molar-refractivity contribution is 6.01. The summed E-state index contributed by atoms with van der Waals surface area (Å²) in [4.78, 5) is 26.6. The highest BCUT2D eigenvalue weighted by Crippen LogP contribution is 2.30. The van der Waals surface area contributed by atoms with Gasteiger partial charge in [-0.25, -0.2) is 0 Å². The molecule has 0 radical (unpaired) electrons. The van der Waals surface area contributed by atoms with Gasteiger partial charge in [-0.15, -0.1) is 0 Å². The molecule has 0 aliphatic carbocycles. The van der Waals surface area contributed by atoms with E-state index in [1.165, 1.54) is 0 Å². The summed E-state index contributed by atoms with van der Waals surface area (Å²) in [7, 11) is 1.64. The Bertz CT molecular complexity index is 606. The van der Waals surface area contributed by atoms with Gasteiger partial charge in [-0.3, -0.25) is 9.59 Å². The predicted molar refractivity (Wildman–Crippen MR) is 91.9 cm³/mol. The number of hydrogen-bond donors (Lipinski definition) is 2. The van der Waals surface area contributed by atoms with Gasteiger partial charge in [0.1, 0.15) is 0 Å². The van der Waals surface area contributed by atoms with Crippen molar-refractivity contribution in [2.24, 2.45) is 5.41 Å². The van der Waals surface area contributed by atoms with E-state index < -0.39 is 5.41 Å². The van der Waals surface area contributed by atoms with E-state index in [9.17, 15) is 9.59 Å². The predicted octanol–water partition coefficient (Wildman–Crippen LogP) is 0.708. The van der Waals surface area contributed by atoms with Crippen molar-refractivity contribution in [2.45, 2.75) is 19.3 Å². The van der Waals surface area contributed by atoms with Crippen molar-refractivity contribution >= 4 is 17.5 Å². The lowest BCUT2D eigenvalue weighted by Gasteiger charge is -2.35. The minimum atomic E-state index is -0.451. The SMILES string of the molecule is COCC1(C(=O)NCCN2C(=O)Cc3ccccc32)CCNCC1. The molecule has 6 heteroatoms. The molecule has 0 unspecified atom stereocenters. The number of hydrogen-bond acceptors (Lipinski definition) is 4. The van der Waals surface area contributed by atoms with Gasteiger partial charge in [0, 0.05) is 25.9 Å². The van der Waals surface area contributed by atoms with Crippen molar-refractivity contribution in [3.8, 4) is 0 Å². The summed E-state index contributed by atoms with van der Waals surface area (Å²) >= 11 is 0. The van der Waals surface area contributed by atoms with Crippen LogP contribution in [0, 0.1) is 5.41 Å². The van der Waals surface area contributed by atoms with E-state index in [1.54, 1.807) is 12.0 Å². The Morgan fingerprint density at radius 1 is 1.33 bits per heavy atom. The van der Waals surface area contributed by atoms with Crippen LogP contribution in [0.2, 0.25) is 0 Å². The van der Waals surface area contributed by atoms with Gasteiger partial charge < -0.3 is 20.3 Å². The van der Waals surface area contributed by atoms with Crippen molar-refractivity contribution in [2.75, 3.05) is 44.8 Å². The van der Waals surface area contributed by atoms with Gasteiger partial charge in [-0.1, -0.05) is 18.2 Å². The molecule has 1 fully saturated rings. The Morgan fingerprint density at radius 3 is 2.83 bits per heavy atom. The molecule has 1 aromatic rings. The smallest absolute Gasteiger partial charge is 0.231 e. The van der Waals surface area contributed by atoms with Crippen LogP contribution in [0.4, 0.5) is 5.69 Å². The molecule has 1 aromatic carbocycles. The molecule has 0 spiro atoms. The molecule has 2 aliphatic rings. The zero-order chi connectivity index (χ0) is 17.0. The van der Waals surface area contributed by atoms with E-state index in [-0.39, 0.29) is 11.8 Å². The largest absolute Gasteiger partial charge is 0.384 e. The van der Waals surface area contributed by atoms with Gasteiger partial charge >= 0.3 is 0 Å². The fourth-order valence-corrected chi connectivity index (χ4v) is 3.65. The molecule has 2 aliphatic heterocycles. The average Bonchev–Trinajstić information content (AvgIpc) is 2.91. The Balaban J connectivity index is 1.58. The maximum absolute atomic E-state index is 12.7. The normalized spacial score (nSPS) is 19.2. The molecular weight excluding hydrogens is 306 g/mol. The Morgan fingerprint density at radius 2 is 2.08 bits per heavy atom. The molecular formula is C18H25N3O3. The van der Waals surface area contributed by atoms with E-state index in [0.717, 1.165) is 37.2 Å². The molecule has 0 bridgehead atoms. The number of ether oxygens (including phenoxy) is 1. The van der Waals surface area contributed by atoms with Crippen molar-refractivity contribution in [3.63, 3.8) is 0 Å². The summed E-state index contributed by atoms with van der Waals surface area (Å²) in [6.07, 6.45) is 2.00. The van der Waals surface area contributed by atoms with Crippen molar-refractivity contribution < 1.29 is 14.3 Å². The highest BCUT2D eigenvalue weighted by Gasteiger charge is 2.39. The third-order valence-corrected chi connectivity index (χ3v) is 5.01. The van der Waals surface area contributed by atoms with E-state index >= 15 is 0 Å². The van der Waals surface area contributed by atoms with Crippen LogP contribution in [0.25, 0.3) is 0 Å². The number of para-hydroxylation sites is 1. The molecule has 2 amide bonds. The Hall–Kier alpha value is -1.92. The fourth-order valence-electron chi connectivity index (χ4n) is 3.65. The maximum Gasteiger partial charge on any atom is 0.231 e. The van der Waals surface area contributed by atoms with Crippen LogP contribution in [0.15, 0.2) is 24.3 Å². The molecule has 2 heterocycles. The van der Waals surface area contributed by atoms with Crippen LogP contribution in [-0.2, 0) is 20.7 Å². The number of methoxy groups -OCH3 is 1. The molecule has 0 atom stereocenters. The second kappa shape index (κ2) is 7.32. The standard InChI is InChI=1S/C18H25N3O3/c1-24-13-18(6-8-19-9-7-18)17(23)20-10-11-21-15-5-3-2-4-14(15)12-16(21)22/h2-5,19H,6-13H2,1H3,(H,20,23). The highest BCUT2D eigenvalue weighted by atomic mass is 16.5. The van der Waals surface area contributed by atoms with Crippen LogP contribution in [0.1, 0.15) is 18.4 Å². The maximum atomic E-state index is 12.7. The lowest BCUT2D eigenvalue weighted by Crippen LogP contribution is -2.51. The molecule has 6 nitrogen and oxygen atoms in total. The first kappa shape index (κ1) is 16.9. The summed E-state index contributed by atoms with van der Waals surface area (Å²) in [5, 5.41) is 6.30. The fraction of sp³-hybridized carbons (Fsp3) is 0.556. The Kier molecular flexibility index (Phi) is 5.16. The average molecular weight is 331 g/mol. The first-order valence-electron chi connectivity index (χ1n) is 8.52. The summed E-state index contributed by atoms with van der Waals surface area (Å²) in [5.74, 6) is 0.129. The molecule has 3 rings (SSSR count). The Labute approximate surface area is 142 Å². The summed E-state index contributed by atoms with van der Waals surface area (Å²) in [6, 6.07) is 7.82. The van der Waals surface area contributed by atoms with Crippen LogP contribution < -0.4 is 15.5 Å². The van der Waals surface area contributed by atoms with Crippen molar-refractivity contribution in [3.05, 3.63) is 29.8 Å². The number of carbonyl (C=O) groups is 2. The third kappa shape index (κ3) is 3.30. The summed E-state index contributed by atoms with van der Waals surface area (Å²) < 4.78 is 5.30. The summed E-state index contributed by atoms with van der Waals surface area (Å²) in [6.45, 7) is 3.05. The molecule has 1 saturated heterocycles. The number of carbonyl (C=O) groups excluding carboxylic acids is 2. The second-order valence-electron chi connectivity index (χ2n) is 6.57. The van der Waals surface area contributed by atoms with Gasteiger partial charge in [0.2, 0.25) is 11.8 Å². The zero-order valence-electron chi connectivity index (χ0n) is 14.1. The molecule has 0 aromatic heterocycles. The number of amides is 2. The van der Waals surface area contributed by atoms with Crippen LogP contribution >= 0.6 is 0 Å². The van der Waals surface area contributed by atoms with Gasteiger partial charge in [-0.05, 0) is 37.6 Å². The lowest BCUT2D eigenvalue weighted by molar-refractivity contribution is -0.136. The first-order chi connectivity index (χ1) is 11.7. The second-order valence-corrected chi connectivity index (χ2v) is 6.57. The molecule has 130 valence electrons. The number of anilines is 1. The lowest BCUT2D eigenvalue weighted by atomic mass is 9.78. The van der Waals surface area contributed by atoms with Gasteiger partial charge in [0.15, 0.2) is 0 Å². The third-order valence-electron chi connectivity index (χ3n) is 5.01. The van der Waals surface area contributed by atoms with Crippen molar-refractivity contribution in [1.29, 1.82) is 0 Å². The number of piperidine rings is 1. The number of fused-ring (bicyclic) bond motifs is 1. The quantitative estimate of drug-likeness (QED) is 0.805. The van der Waals surface area contributed by atoms with E-state index in [4.69, 9.17) is 4.74 Å². The molecule has 2 N–H and O–H groups in total. The molecule has 0 saturated carbocycles. The monoisotopic (exact) mass is 331 g/mol. The van der Waals surface area contributed by atoms with E-state index in [1.807, 2.05) is 24.3 Å². The van der Waals surface area contributed by atoms with Gasteiger partial charge in [0.25, 0.3) is 0 Å². The van der Waals surface area contributed by atoms with Gasteiger partial charge in [-0.2, -0.15) is 0 Å². The van der Waals surface area contributed by atoms with Gasteiger partial charge in [0.05, 0.1) is 18.4 Å². The van der Waals surface area contributed by atoms with Crippen LogP contribution in [0.3, 0.4) is 0 Å². The number of rotatable bonds is 6. The molecule has 24 heavy (non-hydrogen) atoms. The number of nitrogens with one attached hydrogen (secondary N) is 2. The van der Waals surface area contributed by atoms with E-state index in [2.05, 4.69) is 10.6 Å². The topological polar surface area (TPSA) is 70.7 Å². The van der Waals surface area contributed by atoms with Crippen LogP contribution in [0.5, 0.6) is 0 Å². The minimum absolute atomic E-state index is 0.0331. The zero-order valence-corrected chi connectivity index (χ0v) is 14.1. The number of benzene rings is 1. The summed E-state index contributed by atoms with van der Waals surface area (Å²) in [5.41, 5.74) is 1.57.